The van der Waals surface area contributed by atoms with Crippen molar-refractivity contribution >= 4 is 5.91 Å². The third-order valence-electron chi connectivity index (χ3n) is 3.05. The summed E-state index contributed by atoms with van der Waals surface area (Å²) < 4.78 is 48.2. The molecule has 1 aromatic carbocycles. The van der Waals surface area contributed by atoms with Crippen LogP contribution < -0.4 is 5.32 Å². The molecule has 22 heavy (non-hydrogen) atoms. The van der Waals surface area contributed by atoms with Crippen LogP contribution in [0.4, 0.5) is 13.2 Å². The van der Waals surface area contributed by atoms with Gasteiger partial charge in [0, 0.05) is 12.7 Å². The third-order valence-corrected chi connectivity index (χ3v) is 3.05. The summed E-state index contributed by atoms with van der Waals surface area (Å²) in [4.78, 5) is 11.9. The van der Waals surface area contributed by atoms with Crippen molar-refractivity contribution in [3.05, 3.63) is 59.5 Å². The van der Waals surface area contributed by atoms with Crippen LogP contribution in [-0.4, -0.2) is 19.6 Å². The molecule has 4 nitrogen and oxygen atoms in total. The zero-order chi connectivity index (χ0) is 16.2. The second-order valence-electron chi connectivity index (χ2n) is 4.53. The molecule has 118 valence electrons. The van der Waals surface area contributed by atoms with E-state index >= 15 is 0 Å². The maximum Gasteiger partial charge on any atom is 0.416 e. The monoisotopic (exact) mass is 313 g/mol. The number of ether oxygens (including phenoxy) is 1. The summed E-state index contributed by atoms with van der Waals surface area (Å²) in [7, 11) is 1.45. The fourth-order valence-corrected chi connectivity index (χ4v) is 1.90. The number of halogens is 3. The largest absolute Gasteiger partial charge is 0.467 e. The number of methoxy groups -OCH3 is 1. The molecule has 0 saturated heterocycles. The van der Waals surface area contributed by atoms with Crippen LogP contribution in [-0.2, 0) is 10.9 Å². The van der Waals surface area contributed by atoms with Gasteiger partial charge in [-0.1, -0.05) is 6.07 Å². The van der Waals surface area contributed by atoms with Gasteiger partial charge in [-0.15, -0.1) is 0 Å². The number of rotatable bonds is 5. The highest BCUT2D eigenvalue weighted by Gasteiger charge is 2.30. The van der Waals surface area contributed by atoms with E-state index in [1.54, 1.807) is 12.1 Å². The van der Waals surface area contributed by atoms with Crippen molar-refractivity contribution in [3.8, 4) is 0 Å². The fraction of sp³-hybridized carbons (Fsp3) is 0.267. The van der Waals surface area contributed by atoms with Gasteiger partial charge in [-0.25, -0.2) is 0 Å². The number of nitrogens with one attached hydrogen (secondary N) is 1. The van der Waals surface area contributed by atoms with Crippen LogP contribution in [0.2, 0.25) is 0 Å². The van der Waals surface area contributed by atoms with E-state index < -0.39 is 23.8 Å². The summed E-state index contributed by atoms with van der Waals surface area (Å²) in [5.41, 5.74) is -0.932. The van der Waals surface area contributed by atoms with Gasteiger partial charge in [0.2, 0.25) is 0 Å². The number of alkyl halides is 3. The Balaban J connectivity index is 2.03. The van der Waals surface area contributed by atoms with Crippen LogP contribution in [0.1, 0.15) is 27.8 Å². The molecule has 0 fully saturated rings. The van der Waals surface area contributed by atoms with Crippen molar-refractivity contribution in [2.75, 3.05) is 13.7 Å². The number of benzene rings is 1. The lowest BCUT2D eigenvalue weighted by Crippen LogP contribution is -2.29. The number of hydrogen-bond acceptors (Lipinski definition) is 3. The van der Waals surface area contributed by atoms with Crippen LogP contribution in [0.5, 0.6) is 0 Å². The molecule has 1 heterocycles. The standard InChI is InChI=1S/C15H14F3NO3/c1-21-13(12-6-3-7-22-12)9-19-14(20)10-4-2-5-11(8-10)15(16,17)18/h2-8,13H,9H2,1H3,(H,19,20). The minimum atomic E-state index is -4.49. The zero-order valence-corrected chi connectivity index (χ0v) is 11.7. The molecule has 1 amide bonds. The van der Waals surface area contributed by atoms with Gasteiger partial charge in [0.1, 0.15) is 11.9 Å². The summed E-state index contributed by atoms with van der Waals surface area (Å²) in [5.74, 6) is -0.0912. The van der Waals surface area contributed by atoms with Gasteiger partial charge in [-0.3, -0.25) is 4.79 Å². The SMILES string of the molecule is COC(CNC(=O)c1cccc(C(F)(F)F)c1)c1ccco1. The minimum absolute atomic E-state index is 0.0656. The Bertz CT molecular complexity index is 623. The highest BCUT2D eigenvalue weighted by Crippen LogP contribution is 2.29. The maximum absolute atomic E-state index is 12.6. The first-order chi connectivity index (χ1) is 10.4. The van der Waals surface area contributed by atoms with Crippen molar-refractivity contribution in [2.24, 2.45) is 0 Å². The number of amides is 1. The minimum Gasteiger partial charge on any atom is -0.467 e. The number of carbonyl (C=O) groups is 1. The summed E-state index contributed by atoms with van der Waals surface area (Å²) in [6.07, 6.45) is -3.53. The summed E-state index contributed by atoms with van der Waals surface area (Å²) in [6, 6.07) is 7.60. The van der Waals surface area contributed by atoms with Gasteiger partial charge in [0.15, 0.2) is 0 Å². The van der Waals surface area contributed by atoms with Gasteiger partial charge in [0.25, 0.3) is 5.91 Å². The molecule has 1 N–H and O–H groups in total. The molecule has 1 unspecified atom stereocenters. The fourth-order valence-electron chi connectivity index (χ4n) is 1.90. The first kappa shape index (κ1) is 16.1. The highest BCUT2D eigenvalue weighted by atomic mass is 19.4. The number of hydrogen-bond donors (Lipinski definition) is 1. The molecule has 0 saturated carbocycles. The van der Waals surface area contributed by atoms with Crippen LogP contribution in [0, 0.1) is 0 Å². The average Bonchev–Trinajstić information content (AvgIpc) is 3.01. The lowest BCUT2D eigenvalue weighted by atomic mass is 10.1. The number of carbonyl (C=O) groups excluding carboxylic acids is 1. The summed E-state index contributed by atoms with van der Waals surface area (Å²) >= 11 is 0. The van der Waals surface area contributed by atoms with E-state index in [1.165, 1.54) is 25.5 Å². The topological polar surface area (TPSA) is 51.5 Å². The smallest absolute Gasteiger partial charge is 0.416 e. The molecule has 0 bridgehead atoms. The Morgan fingerprint density at radius 1 is 1.32 bits per heavy atom. The molecular formula is C15H14F3NO3. The maximum atomic E-state index is 12.6. The van der Waals surface area contributed by atoms with Gasteiger partial charge < -0.3 is 14.5 Å². The molecule has 0 aliphatic heterocycles. The van der Waals surface area contributed by atoms with Gasteiger partial charge in [0.05, 0.1) is 18.4 Å². The second-order valence-corrected chi connectivity index (χ2v) is 4.53. The highest BCUT2D eigenvalue weighted by molar-refractivity contribution is 5.94. The van der Waals surface area contributed by atoms with E-state index in [4.69, 9.17) is 9.15 Å². The molecule has 0 radical (unpaired) electrons. The Morgan fingerprint density at radius 2 is 2.09 bits per heavy atom. The van der Waals surface area contributed by atoms with Crippen LogP contribution >= 0.6 is 0 Å². The van der Waals surface area contributed by atoms with Crippen molar-refractivity contribution in [1.82, 2.24) is 5.32 Å². The normalized spacial score (nSPS) is 12.9. The molecule has 0 aliphatic rings. The molecule has 0 aliphatic carbocycles. The van der Waals surface area contributed by atoms with Crippen LogP contribution in [0.15, 0.2) is 47.1 Å². The van der Waals surface area contributed by atoms with Crippen molar-refractivity contribution in [3.63, 3.8) is 0 Å². The number of furan rings is 1. The predicted octanol–water partition coefficient (Wildman–Crippen LogP) is 3.42. The van der Waals surface area contributed by atoms with E-state index in [1.807, 2.05) is 0 Å². The Hall–Kier alpha value is -2.28. The van der Waals surface area contributed by atoms with E-state index in [2.05, 4.69) is 5.32 Å². The van der Waals surface area contributed by atoms with Gasteiger partial charge in [-0.2, -0.15) is 13.2 Å². The Morgan fingerprint density at radius 3 is 2.68 bits per heavy atom. The average molecular weight is 313 g/mol. The quantitative estimate of drug-likeness (QED) is 0.920. The van der Waals surface area contributed by atoms with Crippen molar-refractivity contribution in [2.45, 2.75) is 12.3 Å². The molecule has 0 spiro atoms. The van der Waals surface area contributed by atoms with Gasteiger partial charge in [-0.05, 0) is 30.3 Å². The predicted molar refractivity (Wildman–Crippen MR) is 72.2 cm³/mol. The van der Waals surface area contributed by atoms with E-state index in [0.717, 1.165) is 12.1 Å². The lowest BCUT2D eigenvalue weighted by Gasteiger charge is -2.14. The second kappa shape index (κ2) is 6.65. The van der Waals surface area contributed by atoms with Gasteiger partial charge >= 0.3 is 6.18 Å². The summed E-state index contributed by atoms with van der Waals surface area (Å²) in [6.45, 7) is 0.0824. The zero-order valence-electron chi connectivity index (χ0n) is 11.7. The lowest BCUT2D eigenvalue weighted by molar-refractivity contribution is -0.137. The Kier molecular flexibility index (Phi) is 4.87. The Labute approximate surface area is 124 Å². The van der Waals surface area contributed by atoms with E-state index in [-0.39, 0.29) is 12.1 Å². The van der Waals surface area contributed by atoms with Crippen molar-refractivity contribution < 1.29 is 27.1 Å². The molecular weight excluding hydrogens is 299 g/mol. The van der Waals surface area contributed by atoms with Crippen LogP contribution in [0.25, 0.3) is 0 Å². The molecule has 2 aromatic rings. The van der Waals surface area contributed by atoms with Crippen LogP contribution in [0.3, 0.4) is 0 Å². The summed E-state index contributed by atoms with van der Waals surface area (Å²) in [5, 5.41) is 2.53. The third kappa shape index (κ3) is 3.88. The van der Waals surface area contributed by atoms with E-state index in [9.17, 15) is 18.0 Å². The van der Waals surface area contributed by atoms with E-state index in [0.29, 0.717) is 5.76 Å². The first-order valence-corrected chi connectivity index (χ1v) is 6.43. The molecule has 2 rings (SSSR count). The first-order valence-electron chi connectivity index (χ1n) is 6.43. The molecule has 1 atom stereocenters. The van der Waals surface area contributed by atoms with Crippen molar-refractivity contribution in [1.29, 1.82) is 0 Å². The molecule has 1 aromatic heterocycles. The molecule has 7 heteroatoms.